The van der Waals surface area contributed by atoms with Gasteiger partial charge in [-0.3, -0.25) is 9.59 Å². The number of hydrogen-bond donors (Lipinski definition) is 1. The van der Waals surface area contributed by atoms with Gasteiger partial charge in [0.25, 0.3) is 0 Å². The van der Waals surface area contributed by atoms with E-state index in [1.807, 2.05) is 41.3 Å². The summed E-state index contributed by atoms with van der Waals surface area (Å²) in [5, 5.41) is 3.57. The Balaban J connectivity index is 1.60. The van der Waals surface area contributed by atoms with Gasteiger partial charge in [-0.15, -0.1) is 0 Å². The molecule has 1 aromatic carbocycles. The first kappa shape index (κ1) is 21.8. The monoisotopic (exact) mass is 448 g/mol. The summed E-state index contributed by atoms with van der Waals surface area (Å²) < 4.78 is 5.88. The molecule has 1 aromatic heterocycles. The Hall–Kier alpha value is -3.06. The third-order valence-corrected chi connectivity index (χ3v) is 6.98. The smallest absolute Gasteiger partial charge is 0.242 e. The molecular weight excluding hydrogens is 416 g/mol. The van der Waals surface area contributed by atoms with Gasteiger partial charge >= 0.3 is 0 Å². The lowest BCUT2D eigenvalue weighted by atomic mass is 9.74. The van der Waals surface area contributed by atoms with Crippen molar-refractivity contribution in [1.29, 1.82) is 0 Å². The molecule has 0 radical (unpaired) electrons. The van der Waals surface area contributed by atoms with E-state index in [9.17, 15) is 9.59 Å². The van der Waals surface area contributed by atoms with Crippen LogP contribution in [-0.4, -0.2) is 61.3 Å². The molecule has 33 heavy (non-hydrogen) atoms. The number of allylic oxidation sites excluding steroid dienone is 1. The van der Waals surface area contributed by atoms with Gasteiger partial charge < -0.3 is 24.4 Å². The van der Waals surface area contributed by atoms with Crippen molar-refractivity contribution in [3.05, 3.63) is 59.7 Å². The van der Waals surface area contributed by atoms with Crippen molar-refractivity contribution in [1.82, 2.24) is 9.80 Å². The predicted octanol–water partition coefficient (Wildman–Crippen LogP) is 3.67. The summed E-state index contributed by atoms with van der Waals surface area (Å²) in [4.78, 5) is 33.2. The second-order valence-corrected chi connectivity index (χ2v) is 10.2. The first-order valence-corrected chi connectivity index (χ1v) is 11.7. The molecule has 174 valence electrons. The Labute approximate surface area is 195 Å². The van der Waals surface area contributed by atoms with Crippen molar-refractivity contribution in [2.24, 2.45) is 5.41 Å². The van der Waals surface area contributed by atoms with Crippen LogP contribution in [0.4, 0.5) is 11.4 Å². The largest absolute Gasteiger partial charge is 0.467 e. The fourth-order valence-electron chi connectivity index (χ4n) is 5.27. The predicted molar refractivity (Wildman–Crippen MR) is 128 cm³/mol. The normalized spacial score (nSPS) is 23.0. The van der Waals surface area contributed by atoms with Gasteiger partial charge in [-0.05, 0) is 43.1 Å². The molecule has 3 heterocycles. The summed E-state index contributed by atoms with van der Waals surface area (Å²) in [7, 11) is 2.08. The minimum absolute atomic E-state index is 0.0714. The summed E-state index contributed by atoms with van der Waals surface area (Å²) in [5.74, 6) is 0.863. The Kier molecular flexibility index (Phi) is 5.52. The van der Waals surface area contributed by atoms with Crippen LogP contribution in [0.15, 0.2) is 58.3 Å². The highest BCUT2D eigenvalue weighted by Crippen LogP contribution is 2.48. The van der Waals surface area contributed by atoms with E-state index in [0.29, 0.717) is 17.8 Å². The highest BCUT2D eigenvalue weighted by molar-refractivity contribution is 6.01. The number of nitrogens with zero attached hydrogens (tertiary/aromatic N) is 3. The third kappa shape index (κ3) is 4.17. The van der Waals surface area contributed by atoms with Crippen LogP contribution in [-0.2, 0) is 9.59 Å². The Morgan fingerprint density at radius 2 is 1.85 bits per heavy atom. The number of ketones is 1. The van der Waals surface area contributed by atoms with Crippen molar-refractivity contribution in [3.63, 3.8) is 0 Å². The van der Waals surface area contributed by atoms with Crippen molar-refractivity contribution >= 4 is 23.1 Å². The van der Waals surface area contributed by atoms with E-state index in [1.165, 1.54) is 0 Å². The molecule has 0 unspecified atom stereocenters. The number of furan rings is 1. The molecule has 1 N–H and O–H groups in total. The van der Waals surface area contributed by atoms with Gasteiger partial charge in [-0.25, -0.2) is 0 Å². The number of hydrogen-bond acceptors (Lipinski definition) is 6. The molecule has 1 saturated heterocycles. The summed E-state index contributed by atoms with van der Waals surface area (Å²) in [6, 6.07) is 11.3. The second-order valence-electron chi connectivity index (χ2n) is 10.2. The number of carbonyl (C=O) groups excluding carboxylic acids is 2. The molecular formula is C26H32N4O3. The second kappa shape index (κ2) is 8.37. The van der Waals surface area contributed by atoms with Crippen LogP contribution < -0.4 is 10.2 Å². The maximum absolute atomic E-state index is 13.6. The highest BCUT2D eigenvalue weighted by atomic mass is 16.3. The molecule has 1 amide bonds. The number of likely N-dealkylation sites (N-methyl/N-ethyl adjacent to an activating group) is 1. The van der Waals surface area contributed by atoms with E-state index in [4.69, 9.17) is 4.42 Å². The molecule has 7 heteroatoms. The molecule has 0 spiro atoms. The van der Waals surface area contributed by atoms with E-state index in [-0.39, 0.29) is 23.7 Å². The van der Waals surface area contributed by atoms with Gasteiger partial charge in [-0.2, -0.15) is 0 Å². The molecule has 0 saturated carbocycles. The maximum Gasteiger partial charge on any atom is 0.242 e. The van der Waals surface area contributed by atoms with E-state index < -0.39 is 6.04 Å². The molecule has 1 fully saturated rings. The first-order chi connectivity index (χ1) is 15.8. The molecule has 1 aliphatic carbocycles. The summed E-state index contributed by atoms with van der Waals surface area (Å²) >= 11 is 0. The molecule has 2 aliphatic heterocycles. The van der Waals surface area contributed by atoms with Crippen molar-refractivity contribution in [2.45, 2.75) is 32.7 Å². The number of anilines is 2. The SMILES string of the molecule is CN1CCN(C(=O)CN2c3ccccc3NC3=C(C(=O)CC(C)(C)C3)[C@H]2c2ccco2)CC1. The van der Waals surface area contributed by atoms with Gasteiger partial charge in [0.15, 0.2) is 5.78 Å². The number of fused-ring (bicyclic) bond motifs is 1. The standard InChI is InChI=1S/C26H32N4O3/c1-26(2)15-19-24(21(31)16-26)25(22-9-6-14-33-22)30(20-8-5-4-7-18(20)27-19)17-23(32)29-12-10-28(3)11-13-29/h4-9,14,25,27H,10-13,15-17H2,1-3H3/t25-/m1/s1. The molecule has 0 bridgehead atoms. The fourth-order valence-corrected chi connectivity index (χ4v) is 5.27. The van der Waals surface area contributed by atoms with Crippen molar-refractivity contribution in [2.75, 3.05) is 50.0 Å². The lowest BCUT2D eigenvalue weighted by Gasteiger charge is -2.38. The third-order valence-electron chi connectivity index (χ3n) is 6.98. The Bertz CT molecular complexity index is 1080. The molecule has 7 nitrogen and oxygen atoms in total. The number of rotatable bonds is 3. The van der Waals surface area contributed by atoms with Crippen LogP contribution in [0.3, 0.4) is 0 Å². The topological polar surface area (TPSA) is 69.0 Å². The zero-order valence-electron chi connectivity index (χ0n) is 19.6. The van der Waals surface area contributed by atoms with E-state index in [2.05, 4.69) is 36.0 Å². The summed E-state index contributed by atoms with van der Waals surface area (Å²) in [6.07, 6.45) is 2.87. The van der Waals surface area contributed by atoms with Crippen LogP contribution in [0.2, 0.25) is 0 Å². The summed E-state index contributed by atoms with van der Waals surface area (Å²) in [6.45, 7) is 7.61. The lowest BCUT2D eigenvalue weighted by Crippen LogP contribution is -2.50. The average Bonchev–Trinajstić information content (AvgIpc) is 3.25. The number of carbonyl (C=O) groups is 2. The zero-order valence-corrected chi connectivity index (χ0v) is 19.6. The average molecular weight is 449 g/mol. The molecule has 1 atom stereocenters. The van der Waals surface area contributed by atoms with Crippen molar-refractivity contribution < 1.29 is 14.0 Å². The van der Waals surface area contributed by atoms with Gasteiger partial charge in [-0.1, -0.05) is 26.0 Å². The highest BCUT2D eigenvalue weighted by Gasteiger charge is 2.43. The van der Waals surface area contributed by atoms with E-state index in [0.717, 1.165) is 49.7 Å². The molecule has 5 rings (SSSR count). The number of piperazine rings is 1. The number of amides is 1. The fraction of sp³-hybridized carbons (Fsp3) is 0.462. The number of benzene rings is 1. The zero-order chi connectivity index (χ0) is 23.2. The van der Waals surface area contributed by atoms with Crippen LogP contribution in [0, 0.1) is 5.41 Å². The Morgan fingerprint density at radius 1 is 1.09 bits per heavy atom. The van der Waals surface area contributed by atoms with Crippen LogP contribution in [0.25, 0.3) is 0 Å². The van der Waals surface area contributed by atoms with E-state index in [1.54, 1.807) is 6.26 Å². The Morgan fingerprint density at radius 3 is 2.58 bits per heavy atom. The maximum atomic E-state index is 13.6. The summed E-state index contributed by atoms with van der Waals surface area (Å²) in [5.41, 5.74) is 3.33. The van der Waals surface area contributed by atoms with Crippen LogP contribution in [0.1, 0.15) is 38.5 Å². The minimum Gasteiger partial charge on any atom is -0.467 e. The van der Waals surface area contributed by atoms with Gasteiger partial charge in [0, 0.05) is 43.9 Å². The quantitative estimate of drug-likeness (QED) is 0.773. The van der Waals surface area contributed by atoms with E-state index >= 15 is 0 Å². The molecule has 2 aromatic rings. The first-order valence-electron chi connectivity index (χ1n) is 11.7. The van der Waals surface area contributed by atoms with Gasteiger partial charge in [0.1, 0.15) is 11.8 Å². The number of para-hydroxylation sites is 2. The lowest BCUT2D eigenvalue weighted by molar-refractivity contribution is -0.131. The minimum atomic E-state index is -0.453. The van der Waals surface area contributed by atoms with Gasteiger partial charge in [0.05, 0.1) is 24.2 Å². The van der Waals surface area contributed by atoms with Crippen LogP contribution >= 0.6 is 0 Å². The number of nitrogens with one attached hydrogen (secondary N) is 1. The van der Waals surface area contributed by atoms with Gasteiger partial charge in [0.2, 0.25) is 5.91 Å². The van der Waals surface area contributed by atoms with Crippen LogP contribution in [0.5, 0.6) is 0 Å². The molecule has 3 aliphatic rings. The van der Waals surface area contributed by atoms with Crippen molar-refractivity contribution in [3.8, 4) is 0 Å². The number of Topliss-reactive ketones (excluding diaryl/α,β-unsaturated/α-hetero) is 1.